The van der Waals surface area contributed by atoms with Gasteiger partial charge in [-0.15, -0.1) is 0 Å². The van der Waals surface area contributed by atoms with Crippen molar-refractivity contribution in [1.29, 1.82) is 0 Å². The van der Waals surface area contributed by atoms with Gasteiger partial charge in [-0.2, -0.15) is 0 Å². The van der Waals surface area contributed by atoms with Crippen LogP contribution in [0.3, 0.4) is 0 Å². The zero-order valence-corrected chi connectivity index (χ0v) is 24.0. The van der Waals surface area contributed by atoms with Crippen LogP contribution in [0.1, 0.15) is 68.6 Å². The van der Waals surface area contributed by atoms with Crippen LogP contribution >= 0.6 is 0 Å². The summed E-state index contributed by atoms with van der Waals surface area (Å²) < 4.78 is 58.3. The summed E-state index contributed by atoms with van der Waals surface area (Å²) in [5.41, 5.74) is -2.27. The largest absolute Gasteiger partial charge is 0.744 e. The van der Waals surface area contributed by atoms with Gasteiger partial charge in [0.05, 0.1) is 21.3 Å². The van der Waals surface area contributed by atoms with E-state index >= 15 is 0 Å². The fourth-order valence-corrected chi connectivity index (χ4v) is 4.97. The lowest BCUT2D eigenvalue weighted by atomic mass is 9.77. The molecular formula is C30H27O10S-. The Bertz CT molecular complexity index is 1660. The Balaban J connectivity index is 1.70. The molecule has 0 unspecified atom stereocenters. The topological polar surface area (TPSA) is 145 Å². The quantitative estimate of drug-likeness (QED) is 0.234. The molecule has 41 heavy (non-hydrogen) atoms. The van der Waals surface area contributed by atoms with Gasteiger partial charge in [0.1, 0.15) is 33.1 Å². The minimum atomic E-state index is -4.85. The standard InChI is InChI=1S/C30H28O10S/c1-28(2,3)26(32)37-16-7-10-21-23(13-16)39-24-14-17(38-27(33)29(4,5)6)8-11-22(24)30(21)20-12-9-18(41(34,35)36)15-19(20)25(31)40-30/h7-15H,1-6H3,(H,34,35,36)/p-1. The maximum absolute atomic E-state index is 13.2. The highest BCUT2D eigenvalue weighted by atomic mass is 32.2. The molecule has 0 radical (unpaired) electrons. The van der Waals surface area contributed by atoms with Crippen molar-refractivity contribution >= 4 is 28.0 Å². The zero-order chi connectivity index (χ0) is 30.1. The zero-order valence-electron chi connectivity index (χ0n) is 23.2. The fourth-order valence-electron chi connectivity index (χ4n) is 4.47. The summed E-state index contributed by atoms with van der Waals surface area (Å²) >= 11 is 0. The van der Waals surface area contributed by atoms with Crippen LogP contribution in [0.15, 0.2) is 59.5 Å². The number of carbonyl (C=O) groups is 3. The molecule has 2 aliphatic heterocycles. The van der Waals surface area contributed by atoms with Crippen molar-refractivity contribution in [3.63, 3.8) is 0 Å². The van der Waals surface area contributed by atoms with Gasteiger partial charge in [0, 0.05) is 28.8 Å². The van der Waals surface area contributed by atoms with E-state index in [-0.39, 0.29) is 34.1 Å². The monoisotopic (exact) mass is 579 g/mol. The summed E-state index contributed by atoms with van der Waals surface area (Å²) in [6, 6.07) is 12.6. The second-order valence-electron chi connectivity index (χ2n) is 11.9. The minimum absolute atomic E-state index is 0.104. The Labute approximate surface area is 236 Å². The predicted molar refractivity (Wildman–Crippen MR) is 143 cm³/mol. The van der Waals surface area contributed by atoms with Crippen molar-refractivity contribution in [1.82, 2.24) is 0 Å². The Morgan fingerprint density at radius 1 is 0.756 bits per heavy atom. The van der Waals surface area contributed by atoms with Gasteiger partial charge in [0.2, 0.25) is 0 Å². The molecule has 10 nitrogen and oxygen atoms in total. The summed E-state index contributed by atoms with van der Waals surface area (Å²) in [5, 5.41) is 0. The Morgan fingerprint density at radius 3 is 1.66 bits per heavy atom. The number of benzene rings is 3. The lowest BCUT2D eigenvalue weighted by molar-refractivity contribution is -0.143. The van der Waals surface area contributed by atoms with Crippen LogP contribution in [0, 0.1) is 10.8 Å². The normalized spacial score (nSPS) is 15.2. The molecule has 0 amide bonds. The van der Waals surface area contributed by atoms with Crippen LogP contribution in [0.5, 0.6) is 23.0 Å². The van der Waals surface area contributed by atoms with E-state index in [9.17, 15) is 27.4 Å². The highest BCUT2D eigenvalue weighted by Crippen LogP contribution is 2.57. The van der Waals surface area contributed by atoms with Gasteiger partial charge < -0.3 is 23.5 Å². The molecule has 0 fully saturated rings. The molecule has 1 spiro atoms. The van der Waals surface area contributed by atoms with Gasteiger partial charge in [-0.25, -0.2) is 13.2 Å². The van der Waals surface area contributed by atoms with Gasteiger partial charge in [-0.3, -0.25) is 9.59 Å². The number of fused-ring (bicyclic) bond motifs is 6. The second-order valence-corrected chi connectivity index (χ2v) is 13.3. The summed E-state index contributed by atoms with van der Waals surface area (Å²) in [6.07, 6.45) is 0. The number of esters is 3. The first-order chi connectivity index (χ1) is 18.9. The predicted octanol–water partition coefficient (Wildman–Crippen LogP) is 5.06. The van der Waals surface area contributed by atoms with Gasteiger partial charge in [-0.1, -0.05) is 6.07 Å². The third kappa shape index (κ3) is 4.85. The molecule has 0 aliphatic carbocycles. The van der Waals surface area contributed by atoms with Crippen molar-refractivity contribution in [3.8, 4) is 23.0 Å². The molecule has 11 heteroatoms. The molecule has 2 heterocycles. The molecule has 3 aromatic carbocycles. The summed E-state index contributed by atoms with van der Waals surface area (Å²) in [7, 11) is -4.85. The first-order valence-corrected chi connectivity index (χ1v) is 14.1. The van der Waals surface area contributed by atoms with Crippen LogP contribution < -0.4 is 14.2 Å². The van der Waals surface area contributed by atoms with E-state index in [2.05, 4.69) is 0 Å². The second kappa shape index (κ2) is 9.15. The SMILES string of the molecule is CC(C)(C)C(=O)Oc1ccc2c(c1)Oc1cc(OC(=O)C(C)(C)C)ccc1C21OC(=O)c2cc(S(=O)(=O)[O-])ccc21. The maximum Gasteiger partial charge on any atom is 0.340 e. The van der Waals surface area contributed by atoms with Crippen molar-refractivity contribution in [2.24, 2.45) is 10.8 Å². The summed E-state index contributed by atoms with van der Waals surface area (Å²) in [5.74, 6) is -1.11. The van der Waals surface area contributed by atoms with E-state index in [1.165, 1.54) is 30.3 Å². The van der Waals surface area contributed by atoms with Crippen molar-refractivity contribution < 1.29 is 46.3 Å². The average molecular weight is 580 g/mol. The molecule has 5 rings (SSSR count). The molecule has 0 N–H and O–H groups in total. The van der Waals surface area contributed by atoms with E-state index in [0.29, 0.717) is 11.1 Å². The summed E-state index contributed by atoms with van der Waals surface area (Å²) in [6.45, 7) is 10.3. The summed E-state index contributed by atoms with van der Waals surface area (Å²) in [4.78, 5) is 37.7. The first-order valence-electron chi connectivity index (χ1n) is 12.7. The van der Waals surface area contributed by atoms with Crippen LogP contribution in [0.4, 0.5) is 0 Å². The number of hydrogen-bond acceptors (Lipinski definition) is 10. The molecule has 0 atom stereocenters. The van der Waals surface area contributed by atoms with Gasteiger partial charge in [0.15, 0.2) is 5.60 Å². The number of ether oxygens (including phenoxy) is 4. The molecule has 0 saturated carbocycles. The fraction of sp³-hybridized carbons (Fsp3) is 0.300. The molecule has 214 valence electrons. The van der Waals surface area contributed by atoms with Crippen molar-refractivity contribution in [2.75, 3.05) is 0 Å². The molecule has 0 aromatic heterocycles. The van der Waals surface area contributed by atoms with Crippen LogP contribution in [0.25, 0.3) is 0 Å². The third-order valence-corrected chi connectivity index (χ3v) is 7.49. The maximum atomic E-state index is 13.2. The van der Waals surface area contributed by atoms with E-state index in [4.69, 9.17) is 18.9 Å². The smallest absolute Gasteiger partial charge is 0.340 e. The minimum Gasteiger partial charge on any atom is -0.744 e. The van der Waals surface area contributed by atoms with Crippen LogP contribution in [0.2, 0.25) is 0 Å². The number of carbonyl (C=O) groups excluding carboxylic acids is 3. The highest BCUT2D eigenvalue weighted by molar-refractivity contribution is 7.85. The Hall–Kier alpha value is -4.22. The van der Waals surface area contributed by atoms with Gasteiger partial charge in [0.25, 0.3) is 0 Å². The lowest BCUT2D eigenvalue weighted by Gasteiger charge is -2.36. The van der Waals surface area contributed by atoms with Crippen LogP contribution in [-0.2, 0) is 30.0 Å². The van der Waals surface area contributed by atoms with E-state index in [1.54, 1.807) is 53.7 Å². The average Bonchev–Trinajstić information content (AvgIpc) is 3.14. The van der Waals surface area contributed by atoms with Crippen molar-refractivity contribution in [3.05, 3.63) is 76.9 Å². The van der Waals surface area contributed by atoms with Crippen molar-refractivity contribution in [2.45, 2.75) is 52.0 Å². The number of rotatable bonds is 3. The highest BCUT2D eigenvalue weighted by Gasteiger charge is 2.54. The molecule has 0 saturated heterocycles. The van der Waals surface area contributed by atoms with E-state index < -0.39 is 49.4 Å². The Morgan fingerprint density at radius 2 is 1.22 bits per heavy atom. The van der Waals surface area contributed by atoms with Crippen LogP contribution in [-0.4, -0.2) is 30.9 Å². The molecule has 2 aliphatic rings. The molecule has 0 bridgehead atoms. The molecule has 3 aromatic rings. The first kappa shape index (κ1) is 28.3. The Kier molecular flexibility index (Phi) is 6.32. The third-order valence-electron chi connectivity index (χ3n) is 6.66. The van der Waals surface area contributed by atoms with Gasteiger partial charge >= 0.3 is 17.9 Å². The number of hydrogen-bond donors (Lipinski definition) is 0. The molecular weight excluding hydrogens is 552 g/mol. The van der Waals surface area contributed by atoms with E-state index in [0.717, 1.165) is 12.1 Å². The van der Waals surface area contributed by atoms with E-state index in [1.807, 2.05) is 0 Å². The lowest BCUT2D eigenvalue weighted by Crippen LogP contribution is -2.33. The van der Waals surface area contributed by atoms with Gasteiger partial charge in [-0.05, 0) is 77.9 Å².